The Morgan fingerprint density at radius 2 is 1.87 bits per heavy atom. The summed E-state index contributed by atoms with van der Waals surface area (Å²) in [5.74, 6) is 6.95. The van der Waals surface area contributed by atoms with E-state index in [9.17, 15) is 14.4 Å². The molecule has 4 aromatic rings. The minimum atomic E-state index is -0.578. The zero-order valence-electron chi connectivity index (χ0n) is 25.2. The van der Waals surface area contributed by atoms with E-state index in [-0.39, 0.29) is 31.2 Å². The Morgan fingerprint density at radius 3 is 2.62 bits per heavy atom. The standard InChI is InChI=1S/C33H30ClN7O3S/c1-18-20(3)45-32-29(18)30(23-10-12-24(34)13-11-23)36-25(31-39-38-21(4)41(31)32)17-28(43)35-15-6-8-22-7-5-9-26(19(22)2)40-16-14-27(42)37-33(40)44/h5,7,9-13,25H,14-17H2,1-4H3,(H,35,43)(H,37,42,44)/t25-/m0/s1. The second kappa shape index (κ2) is 12.3. The van der Waals surface area contributed by atoms with Crippen molar-refractivity contribution in [2.24, 2.45) is 4.99 Å². The van der Waals surface area contributed by atoms with Crippen molar-refractivity contribution in [1.29, 1.82) is 0 Å². The number of rotatable bonds is 5. The van der Waals surface area contributed by atoms with Gasteiger partial charge in [-0.15, -0.1) is 21.5 Å². The van der Waals surface area contributed by atoms with Crippen molar-refractivity contribution in [3.05, 3.63) is 91.8 Å². The van der Waals surface area contributed by atoms with Gasteiger partial charge in [-0.05, 0) is 63.1 Å². The van der Waals surface area contributed by atoms with Crippen molar-refractivity contribution in [2.75, 3.05) is 18.0 Å². The number of fused-ring (bicyclic) bond motifs is 3. The molecule has 6 rings (SSSR count). The van der Waals surface area contributed by atoms with Crippen LogP contribution < -0.4 is 15.5 Å². The number of imide groups is 1. The maximum Gasteiger partial charge on any atom is 0.328 e. The van der Waals surface area contributed by atoms with Crippen LogP contribution in [0.5, 0.6) is 0 Å². The van der Waals surface area contributed by atoms with Gasteiger partial charge in [0.15, 0.2) is 5.82 Å². The van der Waals surface area contributed by atoms with Gasteiger partial charge in [-0.2, -0.15) is 0 Å². The number of aryl methyl sites for hydroxylation is 2. The van der Waals surface area contributed by atoms with Gasteiger partial charge in [0.1, 0.15) is 16.9 Å². The third kappa shape index (κ3) is 5.87. The number of urea groups is 1. The van der Waals surface area contributed by atoms with Crippen LogP contribution in [0.15, 0.2) is 47.5 Å². The molecule has 0 unspecified atom stereocenters. The molecular formula is C33H30ClN7O3S. The molecular weight excluding hydrogens is 610 g/mol. The number of nitrogens with zero attached hydrogens (tertiary/aromatic N) is 5. The lowest BCUT2D eigenvalue weighted by Gasteiger charge is -2.28. The number of benzene rings is 2. The van der Waals surface area contributed by atoms with E-state index in [1.807, 2.05) is 60.9 Å². The van der Waals surface area contributed by atoms with Crippen molar-refractivity contribution >= 4 is 52.2 Å². The highest BCUT2D eigenvalue weighted by molar-refractivity contribution is 7.15. The number of nitrogens with one attached hydrogen (secondary N) is 2. The fraction of sp³-hybridized carbons (Fsp3) is 0.273. The summed E-state index contributed by atoms with van der Waals surface area (Å²) in [7, 11) is 0. The number of hydrogen-bond donors (Lipinski definition) is 2. The van der Waals surface area contributed by atoms with Crippen LogP contribution in [0.4, 0.5) is 10.5 Å². The molecule has 2 aliphatic rings. The highest BCUT2D eigenvalue weighted by Gasteiger charge is 2.32. The molecule has 0 saturated carbocycles. The summed E-state index contributed by atoms with van der Waals surface area (Å²) in [5, 5.41) is 15.7. The summed E-state index contributed by atoms with van der Waals surface area (Å²) < 4.78 is 2.01. The molecule has 0 bridgehead atoms. The summed E-state index contributed by atoms with van der Waals surface area (Å²) in [6.07, 6.45) is 0.296. The molecule has 1 saturated heterocycles. The minimum absolute atomic E-state index is 0.0567. The van der Waals surface area contributed by atoms with Gasteiger partial charge in [-0.1, -0.05) is 41.6 Å². The third-order valence-corrected chi connectivity index (χ3v) is 9.43. The number of thiophene rings is 1. The molecule has 2 aliphatic heterocycles. The average molecular weight is 640 g/mol. The molecule has 0 radical (unpaired) electrons. The largest absolute Gasteiger partial charge is 0.345 e. The minimum Gasteiger partial charge on any atom is -0.345 e. The van der Waals surface area contributed by atoms with E-state index in [1.165, 1.54) is 9.78 Å². The van der Waals surface area contributed by atoms with Crippen LogP contribution in [-0.2, 0) is 9.59 Å². The van der Waals surface area contributed by atoms with Crippen molar-refractivity contribution in [2.45, 2.75) is 46.6 Å². The van der Waals surface area contributed by atoms with Gasteiger partial charge in [0.25, 0.3) is 0 Å². The van der Waals surface area contributed by atoms with Crippen LogP contribution in [-0.4, -0.2) is 51.4 Å². The van der Waals surface area contributed by atoms with E-state index in [1.54, 1.807) is 11.3 Å². The maximum absolute atomic E-state index is 13.3. The average Bonchev–Trinajstić information content (AvgIpc) is 3.48. The molecule has 1 atom stereocenters. The Kier molecular flexibility index (Phi) is 8.27. The zero-order chi connectivity index (χ0) is 31.8. The first-order valence-electron chi connectivity index (χ1n) is 14.4. The number of aromatic nitrogens is 3. The first-order valence-corrected chi connectivity index (χ1v) is 15.6. The van der Waals surface area contributed by atoms with Crippen LogP contribution in [0.25, 0.3) is 5.00 Å². The predicted molar refractivity (Wildman–Crippen MR) is 174 cm³/mol. The highest BCUT2D eigenvalue weighted by atomic mass is 35.5. The van der Waals surface area contributed by atoms with Crippen LogP contribution in [0, 0.1) is 39.5 Å². The van der Waals surface area contributed by atoms with E-state index in [0.29, 0.717) is 23.1 Å². The van der Waals surface area contributed by atoms with Crippen molar-refractivity contribution in [1.82, 2.24) is 25.4 Å². The van der Waals surface area contributed by atoms with Gasteiger partial charge in [0.2, 0.25) is 11.8 Å². The van der Waals surface area contributed by atoms with E-state index >= 15 is 0 Å². The molecule has 0 aliphatic carbocycles. The van der Waals surface area contributed by atoms with Gasteiger partial charge >= 0.3 is 6.03 Å². The topological polar surface area (TPSA) is 122 Å². The lowest BCUT2D eigenvalue weighted by Crippen LogP contribution is -2.49. The van der Waals surface area contributed by atoms with Gasteiger partial charge < -0.3 is 5.32 Å². The van der Waals surface area contributed by atoms with E-state index < -0.39 is 12.1 Å². The SMILES string of the molecule is Cc1sc2c(c1C)C(c1ccc(Cl)cc1)=N[C@@H](CC(=O)NCC#Cc1cccc(N3CCC(=O)NC3=O)c1C)c1nnc(C)n1-2. The summed E-state index contributed by atoms with van der Waals surface area (Å²) >= 11 is 7.86. The molecule has 1 fully saturated rings. The molecule has 12 heteroatoms. The van der Waals surface area contributed by atoms with Gasteiger partial charge in [-0.25, -0.2) is 4.79 Å². The molecule has 2 aromatic carbocycles. The van der Waals surface area contributed by atoms with E-state index in [4.69, 9.17) is 16.6 Å². The number of hydrogen-bond acceptors (Lipinski definition) is 7. The summed E-state index contributed by atoms with van der Waals surface area (Å²) in [6, 6.07) is 12.0. The van der Waals surface area contributed by atoms with Crippen molar-refractivity contribution < 1.29 is 14.4 Å². The molecule has 4 heterocycles. The summed E-state index contributed by atoms with van der Waals surface area (Å²) in [4.78, 5) is 45.0. The van der Waals surface area contributed by atoms with Crippen LogP contribution in [0.3, 0.4) is 0 Å². The third-order valence-electron chi connectivity index (χ3n) is 7.98. The predicted octanol–water partition coefficient (Wildman–Crippen LogP) is 5.11. The van der Waals surface area contributed by atoms with Crippen LogP contribution >= 0.6 is 22.9 Å². The Labute approximate surface area is 269 Å². The quantitative estimate of drug-likeness (QED) is 0.294. The first kappa shape index (κ1) is 30.2. The van der Waals surface area contributed by atoms with Gasteiger partial charge in [0.05, 0.1) is 18.7 Å². The zero-order valence-corrected chi connectivity index (χ0v) is 26.8. The van der Waals surface area contributed by atoms with Gasteiger partial charge in [0, 0.05) is 45.2 Å². The fourth-order valence-corrected chi connectivity index (χ4v) is 6.85. The monoisotopic (exact) mass is 639 g/mol. The highest BCUT2D eigenvalue weighted by Crippen LogP contribution is 2.39. The van der Waals surface area contributed by atoms with E-state index in [0.717, 1.165) is 44.4 Å². The van der Waals surface area contributed by atoms with Gasteiger partial charge in [-0.3, -0.25) is 29.4 Å². The first-order chi connectivity index (χ1) is 21.6. The number of anilines is 1. The molecule has 2 aromatic heterocycles. The number of halogens is 1. The van der Waals surface area contributed by atoms with Crippen LogP contribution in [0.2, 0.25) is 5.02 Å². The van der Waals surface area contributed by atoms with Crippen molar-refractivity contribution in [3.63, 3.8) is 0 Å². The molecule has 0 spiro atoms. The Balaban J connectivity index is 1.23. The number of carbonyl (C=O) groups is 3. The summed E-state index contributed by atoms with van der Waals surface area (Å²) in [6.45, 7) is 8.38. The smallest absolute Gasteiger partial charge is 0.328 e. The van der Waals surface area contributed by atoms with Crippen LogP contribution in [0.1, 0.15) is 63.2 Å². The lowest BCUT2D eigenvalue weighted by molar-refractivity contribution is -0.121. The number of carbonyl (C=O) groups excluding carboxylic acids is 3. The Hall–Kier alpha value is -4.79. The second-order valence-corrected chi connectivity index (χ2v) is 12.5. The molecule has 10 nitrogen and oxygen atoms in total. The summed E-state index contributed by atoms with van der Waals surface area (Å²) in [5.41, 5.74) is 6.05. The second-order valence-electron chi connectivity index (χ2n) is 10.9. The molecule has 45 heavy (non-hydrogen) atoms. The fourth-order valence-electron chi connectivity index (χ4n) is 5.51. The van der Waals surface area contributed by atoms with E-state index in [2.05, 4.69) is 46.5 Å². The Morgan fingerprint density at radius 1 is 1.09 bits per heavy atom. The lowest BCUT2D eigenvalue weighted by atomic mass is 9.99. The number of aliphatic imine (C=N–C) groups is 1. The molecule has 2 N–H and O–H groups in total. The van der Waals surface area contributed by atoms with Crippen molar-refractivity contribution in [3.8, 4) is 16.8 Å². The molecule has 4 amide bonds. The number of amides is 4. The Bertz CT molecular complexity index is 1950. The normalized spacial score (nSPS) is 15.7. The molecule has 228 valence electrons. The maximum atomic E-state index is 13.3.